The minimum atomic E-state index is -0.0445. The number of fused-ring (bicyclic) bond motifs is 1. The largest absolute Gasteiger partial charge is 0.326 e. The maximum absolute atomic E-state index is 12.3. The predicted octanol–water partition coefficient (Wildman–Crippen LogP) is 4.12. The van der Waals surface area contributed by atoms with E-state index in [0.29, 0.717) is 23.3 Å². The number of carbonyl (C=O) groups excluding carboxylic acids is 1. The molecule has 9 heteroatoms. The molecule has 0 saturated carbocycles. The van der Waals surface area contributed by atoms with Gasteiger partial charge < -0.3 is 5.32 Å². The SMILES string of the molecule is O=C(CCSc1nnc(-n2nnc3ccccc32)n1-c1ccccc1)Nc1ccccc1. The van der Waals surface area contributed by atoms with E-state index < -0.39 is 0 Å². The van der Waals surface area contributed by atoms with Crippen molar-refractivity contribution in [2.75, 3.05) is 11.1 Å². The number of carbonyl (C=O) groups is 1. The third-order valence-electron chi connectivity index (χ3n) is 4.79. The number of nitrogens with one attached hydrogen (secondary N) is 1. The molecule has 0 aliphatic rings. The average molecular weight is 442 g/mol. The quantitative estimate of drug-likeness (QED) is 0.382. The van der Waals surface area contributed by atoms with Crippen molar-refractivity contribution in [3.8, 4) is 11.6 Å². The zero-order valence-electron chi connectivity index (χ0n) is 17.0. The first kappa shape index (κ1) is 20.0. The van der Waals surface area contributed by atoms with Crippen LogP contribution in [-0.2, 0) is 4.79 Å². The minimum absolute atomic E-state index is 0.0445. The third-order valence-corrected chi connectivity index (χ3v) is 5.72. The van der Waals surface area contributed by atoms with Crippen LogP contribution in [0.25, 0.3) is 22.7 Å². The van der Waals surface area contributed by atoms with E-state index in [1.807, 2.05) is 89.5 Å². The van der Waals surface area contributed by atoms with Gasteiger partial charge in [0.2, 0.25) is 5.91 Å². The fraction of sp³-hybridized carbons (Fsp3) is 0.0870. The van der Waals surface area contributed by atoms with Crippen LogP contribution in [0.15, 0.2) is 90.1 Å². The second kappa shape index (κ2) is 9.03. The molecule has 0 atom stereocenters. The number of rotatable bonds is 7. The van der Waals surface area contributed by atoms with Gasteiger partial charge in [-0.3, -0.25) is 9.36 Å². The van der Waals surface area contributed by atoms with Crippen molar-refractivity contribution >= 4 is 34.4 Å². The Morgan fingerprint density at radius 1 is 0.844 bits per heavy atom. The summed E-state index contributed by atoms with van der Waals surface area (Å²) >= 11 is 1.47. The van der Waals surface area contributed by atoms with Gasteiger partial charge in [0.1, 0.15) is 5.52 Å². The first-order valence-corrected chi connectivity index (χ1v) is 11.1. The summed E-state index contributed by atoms with van der Waals surface area (Å²) in [5.41, 5.74) is 3.32. The van der Waals surface area contributed by atoms with Crippen LogP contribution in [0.4, 0.5) is 5.69 Å². The molecule has 5 rings (SSSR count). The summed E-state index contributed by atoms with van der Waals surface area (Å²) < 4.78 is 3.61. The molecular weight excluding hydrogens is 422 g/mol. The first-order valence-electron chi connectivity index (χ1n) is 10.1. The van der Waals surface area contributed by atoms with E-state index in [2.05, 4.69) is 25.8 Å². The van der Waals surface area contributed by atoms with Crippen molar-refractivity contribution in [1.29, 1.82) is 0 Å². The molecule has 0 bridgehead atoms. The molecule has 1 N–H and O–H groups in total. The molecule has 0 aliphatic carbocycles. The number of hydrogen-bond acceptors (Lipinski definition) is 6. The number of aromatic nitrogens is 6. The summed E-state index contributed by atoms with van der Waals surface area (Å²) in [5, 5.41) is 20.9. The monoisotopic (exact) mass is 441 g/mol. The Morgan fingerprint density at radius 3 is 2.38 bits per heavy atom. The molecule has 0 aliphatic heterocycles. The lowest BCUT2D eigenvalue weighted by atomic mass is 10.3. The van der Waals surface area contributed by atoms with Crippen LogP contribution in [0, 0.1) is 0 Å². The van der Waals surface area contributed by atoms with Gasteiger partial charge in [-0.15, -0.1) is 15.3 Å². The molecule has 5 aromatic rings. The van der Waals surface area contributed by atoms with Gasteiger partial charge in [-0.2, -0.15) is 4.68 Å². The molecule has 0 fully saturated rings. The maximum Gasteiger partial charge on any atom is 0.259 e. The normalized spacial score (nSPS) is 11.0. The second-order valence-corrected chi connectivity index (χ2v) is 8.02. The molecule has 0 unspecified atom stereocenters. The summed E-state index contributed by atoms with van der Waals surface area (Å²) in [6.07, 6.45) is 0.350. The summed E-state index contributed by atoms with van der Waals surface area (Å²) in [5.74, 6) is 1.06. The lowest BCUT2D eigenvalue weighted by Gasteiger charge is -2.10. The van der Waals surface area contributed by atoms with Gasteiger partial charge in [-0.1, -0.05) is 65.5 Å². The second-order valence-electron chi connectivity index (χ2n) is 6.96. The summed E-state index contributed by atoms with van der Waals surface area (Å²) in [7, 11) is 0. The van der Waals surface area contributed by atoms with Crippen LogP contribution in [0.5, 0.6) is 0 Å². The maximum atomic E-state index is 12.3. The van der Waals surface area contributed by atoms with Crippen LogP contribution < -0.4 is 5.32 Å². The van der Waals surface area contributed by atoms with Gasteiger partial charge in [-0.25, -0.2) is 0 Å². The highest BCUT2D eigenvalue weighted by Gasteiger charge is 2.19. The molecule has 8 nitrogen and oxygen atoms in total. The van der Waals surface area contributed by atoms with Gasteiger partial charge in [0.05, 0.1) is 11.2 Å². The number of thioether (sulfide) groups is 1. The van der Waals surface area contributed by atoms with Crippen molar-refractivity contribution < 1.29 is 4.79 Å². The van der Waals surface area contributed by atoms with Crippen molar-refractivity contribution in [2.45, 2.75) is 11.6 Å². The lowest BCUT2D eigenvalue weighted by Crippen LogP contribution is -2.12. The Bertz CT molecular complexity index is 1350. The number of amides is 1. The molecule has 2 aromatic heterocycles. The van der Waals surface area contributed by atoms with Gasteiger partial charge >= 0.3 is 0 Å². The summed E-state index contributed by atoms with van der Waals surface area (Å²) in [6.45, 7) is 0. The summed E-state index contributed by atoms with van der Waals surface area (Å²) in [4.78, 5) is 12.3. The van der Waals surface area contributed by atoms with Crippen LogP contribution in [0.1, 0.15) is 6.42 Å². The number of anilines is 1. The van der Waals surface area contributed by atoms with Gasteiger partial charge in [0.15, 0.2) is 5.16 Å². The average Bonchev–Trinajstić information content (AvgIpc) is 3.44. The molecule has 2 heterocycles. The van der Waals surface area contributed by atoms with Crippen LogP contribution in [0.2, 0.25) is 0 Å². The fourth-order valence-corrected chi connectivity index (χ4v) is 4.18. The molecule has 1 amide bonds. The highest BCUT2D eigenvalue weighted by molar-refractivity contribution is 7.99. The number of hydrogen-bond donors (Lipinski definition) is 1. The van der Waals surface area contributed by atoms with Crippen LogP contribution >= 0.6 is 11.8 Å². The molecule has 0 saturated heterocycles. The molecule has 0 radical (unpaired) electrons. The van der Waals surface area contributed by atoms with Crippen LogP contribution in [-0.4, -0.2) is 41.4 Å². The van der Waals surface area contributed by atoms with E-state index in [0.717, 1.165) is 22.4 Å². The minimum Gasteiger partial charge on any atom is -0.326 e. The Hall–Kier alpha value is -3.98. The van der Waals surface area contributed by atoms with E-state index >= 15 is 0 Å². The summed E-state index contributed by atoms with van der Waals surface area (Å²) in [6, 6.07) is 27.0. The zero-order valence-corrected chi connectivity index (χ0v) is 17.8. The molecule has 0 spiro atoms. The number of para-hydroxylation sites is 3. The Morgan fingerprint density at radius 2 is 1.56 bits per heavy atom. The Balaban J connectivity index is 1.40. The van der Waals surface area contributed by atoms with Crippen molar-refractivity contribution in [3.63, 3.8) is 0 Å². The van der Waals surface area contributed by atoms with Crippen molar-refractivity contribution in [2.24, 2.45) is 0 Å². The van der Waals surface area contributed by atoms with E-state index in [4.69, 9.17) is 0 Å². The highest BCUT2D eigenvalue weighted by Crippen LogP contribution is 2.26. The molecular formula is C23H19N7OS. The van der Waals surface area contributed by atoms with Crippen molar-refractivity contribution in [3.05, 3.63) is 84.9 Å². The highest BCUT2D eigenvalue weighted by atomic mass is 32.2. The molecule has 32 heavy (non-hydrogen) atoms. The smallest absolute Gasteiger partial charge is 0.259 e. The zero-order chi connectivity index (χ0) is 21.8. The van der Waals surface area contributed by atoms with Crippen molar-refractivity contribution in [1.82, 2.24) is 29.8 Å². The van der Waals surface area contributed by atoms with Gasteiger partial charge in [0.25, 0.3) is 5.95 Å². The predicted molar refractivity (Wildman–Crippen MR) is 124 cm³/mol. The van der Waals surface area contributed by atoms with E-state index in [9.17, 15) is 4.79 Å². The molecule has 3 aromatic carbocycles. The Kier molecular flexibility index (Phi) is 5.63. The number of nitrogens with zero attached hydrogens (tertiary/aromatic N) is 6. The topological polar surface area (TPSA) is 90.5 Å². The van der Waals surface area contributed by atoms with Crippen LogP contribution in [0.3, 0.4) is 0 Å². The van der Waals surface area contributed by atoms with E-state index in [1.165, 1.54) is 11.8 Å². The third kappa shape index (κ3) is 4.10. The standard InChI is InChI=1S/C23H19N7OS/c31-21(24-17-9-3-1-4-10-17)15-16-32-23-27-26-22(29(23)18-11-5-2-6-12-18)30-20-14-8-7-13-19(20)25-28-30/h1-14H,15-16H2,(H,24,31). The first-order chi connectivity index (χ1) is 15.8. The van der Waals surface area contributed by atoms with Gasteiger partial charge in [-0.05, 0) is 36.4 Å². The van der Waals surface area contributed by atoms with E-state index in [1.54, 1.807) is 4.68 Å². The van der Waals surface area contributed by atoms with E-state index in [-0.39, 0.29) is 5.91 Å². The van der Waals surface area contributed by atoms with Gasteiger partial charge in [0, 0.05) is 17.9 Å². The lowest BCUT2D eigenvalue weighted by molar-refractivity contribution is -0.115. The Labute approximate surface area is 188 Å². The molecule has 158 valence electrons. The number of benzene rings is 3. The fourth-order valence-electron chi connectivity index (χ4n) is 3.29.